The first-order valence-corrected chi connectivity index (χ1v) is 7.78. The Morgan fingerprint density at radius 1 is 0.765 bits per heavy atom. The van der Waals surface area contributed by atoms with Gasteiger partial charge in [0.1, 0.15) is 6.29 Å². The maximum atomic E-state index is 10.4. The largest absolute Gasteiger partial charge is 0.303 e. The van der Waals surface area contributed by atoms with Crippen LogP contribution in [0.3, 0.4) is 0 Å². The first-order valence-electron chi connectivity index (χ1n) is 7.78. The van der Waals surface area contributed by atoms with Gasteiger partial charge in [-0.3, -0.25) is 0 Å². The van der Waals surface area contributed by atoms with Crippen LogP contribution >= 0.6 is 0 Å². The molecule has 0 radical (unpaired) electrons. The van der Waals surface area contributed by atoms with E-state index in [2.05, 4.69) is 13.8 Å². The highest BCUT2D eigenvalue weighted by Crippen LogP contribution is 2.21. The number of carbonyl (C=O) groups is 1. The van der Waals surface area contributed by atoms with E-state index >= 15 is 0 Å². The van der Waals surface area contributed by atoms with Crippen LogP contribution < -0.4 is 0 Å². The van der Waals surface area contributed by atoms with Crippen molar-refractivity contribution >= 4 is 6.29 Å². The fraction of sp³-hybridized carbons (Fsp3) is 0.938. The molecule has 0 N–H and O–H groups in total. The number of hydrogen-bond acceptors (Lipinski definition) is 1. The lowest BCUT2D eigenvalue weighted by Crippen LogP contribution is -2.00. The van der Waals surface area contributed by atoms with Crippen LogP contribution in [0.5, 0.6) is 0 Å². The van der Waals surface area contributed by atoms with Crippen molar-refractivity contribution in [1.29, 1.82) is 0 Å². The molecule has 102 valence electrons. The van der Waals surface area contributed by atoms with Gasteiger partial charge in [0.2, 0.25) is 0 Å². The molecule has 0 aliphatic carbocycles. The second-order valence-electron chi connectivity index (χ2n) is 5.31. The molecule has 0 fully saturated rings. The van der Waals surface area contributed by atoms with E-state index in [0.29, 0.717) is 0 Å². The zero-order valence-corrected chi connectivity index (χ0v) is 12.0. The maximum Gasteiger partial charge on any atom is 0.120 e. The van der Waals surface area contributed by atoms with Crippen LogP contribution in [0, 0.1) is 5.92 Å². The minimum absolute atomic E-state index is 0.765. The summed E-state index contributed by atoms with van der Waals surface area (Å²) in [4.78, 5) is 10.4. The van der Waals surface area contributed by atoms with E-state index < -0.39 is 0 Å². The summed E-state index contributed by atoms with van der Waals surface area (Å²) in [7, 11) is 0. The highest BCUT2D eigenvalue weighted by atomic mass is 16.1. The molecule has 17 heavy (non-hydrogen) atoms. The van der Waals surface area contributed by atoms with Crippen LogP contribution in [0.4, 0.5) is 0 Å². The highest BCUT2D eigenvalue weighted by molar-refractivity contribution is 5.49. The molecule has 1 heteroatoms. The van der Waals surface area contributed by atoms with Gasteiger partial charge in [-0.1, -0.05) is 78.1 Å². The average molecular weight is 240 g/mol. The molecule has 1 unspecified atom stereocenters. The second-order valence-corrected chi connectivity index (χ2v) is 5.31. The van der Waals surface area contributed by atoms with Gasteiger partial charge in [0, 0.05) is 6.42 Å². The lowest BCUT2D eigenvalue weighted by atomic mass is 9.92. The van der Waals surface area contributed by atoms with Crippen molar-refractivity contribution in [3.63, 3.8) is 0 Å². The van der Waals surface area contributed by atoms with Gasteiger partial charge in [0.15, 0.2) is 0 Å². The maximum absolute atomic E-state index is 10.4. The predicted octanol–water partition coefficient (Wildman–Crippen LogP) is 5.52. The molecule has 0 aromatic heterocycles. The van der Waals surface area contributed by atoms with Gasteiger partial charge < -0.3 is 4.79 Å². The summed E-state index contributed by atoms with van der Waals surface area (Å²) < 4.78 is 0. The Balaban J connectivity index is 3.36. The number of hydrogen-bond donors (Lipinski definition) is 0. The van der Waals surface area contributed by atoms with Gasteiger partial charge in [0.25, 0.3) is 0 Å². The van der Waals surface area contributed by atoms with E-state index in [1.54, 1.807) is 0 Å². The summed E-state index contributed by atoms with van der Waals surface area (Å²) in [6, 6.07) is 0. The monoisotopic (exact) mass is 240 g/mol. The molecule has 0 aliphatic rings. The molecule has 0 spiro atoms. The Morgan fingerprint density at radius 3 is 2.00 bits per heavy atom. The molecule has 0 aromatic rings. The lowest BCUT2D eigenvalue weighted by molar-refractivity contribution is -0.108. The van der Waals surface area contributed by atoms with Crippen LogP contribution in [0.15, 0.2) is 0 Å². The summed E-state index contributed by atoms with van der Waals surface area (Å²) in [6.07, 6.45) is 16.6. The van der Waals surface area contributed by atoms with Crippen molar-refractivity contribution in [2.75, 3.05) is 0 Å². The normalized spacial score (nSPS) is 12.6. The topological polar surface area (TPSA) is 17.1 Å². The Kier molecular flexibility index (Phi) is 13.5. The van der Waals surface area contributed by atoms with Crippen molar-refractivity contribution < 1.29 is 4.79 Å². The quantitative estimate of drug-likeness (QED) is 0.306. The molecule has 1 atom stereocenters. The molecule has 0 saturated heterocycles. The Hall–Kier alpha value is -0.330. The van der Waals surface area contributed by atoms with Crippen molar-refractivity contribution in [3.05, 3.63) is 0 Å². The molecule has 0 amide bonds. The first-order chi connectivity index (χ1) is 8.35. The van der Waals surface area contributed by atoms with Gasteiger partial charge in [0.05, 0.1) is 0 Å². The molecule has 0 aliphatic heterocycles. The van der Waals surface area contributed by atoms with Crippen LogP contribution in [0.25, 0.3) is 0 Å². The summed E-state index contributed by atoms with van der Waals surface area (Å²) in [6.45, 7) is 4.51. The third-order valence-electron chi connectivity index (χ3n) is 3.61. The van der Waals surface area contributed by atoms with Gasteiger partial charge in [-0.25, -0.2) is 0 Å². The van der Waals surface area contributed by atoms with Crippen molar-refractivity contribution in [3.8, 4) is 0 Å². The van der Waals surface area contributed by atoms with Crippen molar-refractivity contribution in [2.24, 2.45) is 5.92 Å². The average Bonchev–Trinajstić information content (AvgIpc) is 2.34. The van der Waals surface area contributed by atoms with E-state index in [1.165, 1.54) is 64.2 Å². The summed E-state index contributed by atoms with van der Waals surface area (Å²) in [5, 5.41) is 0. The van der Waals surface area contributed by atoms with Crippen LogP contribution in [-0.4, -0.2) is 6.29 Å². The van der Waals surface area contributed by atoms with E-state index in [4.69, 9.17) is 0 Å². The summed E-state index contributed by atoms with van der Waals surface area (Å²) >= 11 is 0. The fourth-order valence-corrected chi connectivity index (χ4v) is 2.54. The van der Waals surface area contributed by atoms with Crippen molar-refractivity contribution in [1.82, 2.24) is 0 Å². The molecule has 1 nitrogen and oxygen atoms in total. The molecule has 0 heterocycles. The highest BCUT2D eigenvalue weighted by Gasteiger charge is 2.06. The lowest BCUT2D eigenvalue weighted by Gasteiger charge is -2.14. The Morgan fingerprint density at radius 2 is 1.41 bits per heavy atom. The minimum atomic E-state index is 0.765. The van der Waals surface area contributed by atoms with Gasteiger partial charge in [-0.2, -0.15) is 0 Å². The number of aldehydes is 1. The summed E-state index contributed by atoms with van der Waals surface area (Å²) in [5.41, 5.74) is 0. The van der Waals surface area contributed by atoms with Gasteiger partial charge >= 0.3 is 0 Å². The molecule has 0 saturated carbocycles. The van der Waals surface area contributed by atoms with Crippen LogP contribution in [0.2, 0.25) is 0 Å². The van der Waals surface area contributed by atoms with Crippen LogP contribution in [0.1, 0.15) is 90.9 Å². The number of unbranched alkanes of at least 4 members (excludes halogenated alkanes) is 6. The smallest absolute Gasteiger partial charge is 0.120 e. The molecular weight excluding hydrogens is 208 g/mol. The molecule has 0 aromatic carbocycles. The first kappa shape index (κ1) is 16.7. The van der Waals surface area contributed by atoms with E-state index in [1.807, 2.05) is 0 Å². The number of rotatable bonds is 13. The summed E-state index contributed by atoms with van der Waals surface area (Å²) in [5.74, 6) is 0.806. The standard InChI is InChI=1S/C16H32O/c1-3-5-6-7-8-9-10-13-16(12-4-2)14-11-15-17/h15-16H,3-14H2,1-2H3. The van der Waals surface area contributed by atoms with Crippen molar-refractivity contribution in [2.45, 2.75) is 90.9 Å². The zero-order valence-electron chi connectivity index (χ0n) is 12.0. The second kappa shape index (κ2) is 13.7. The number of carbonyl (C=O) groups excluding carboxylic acids is 1. The zero-order chi connectivity index (χ0) is 12.8. The SMILES string of the molecule is CCCCCCCCCC(CCC)CCC=O. The third kappa shape index (κ3) is 11.9. The van der Waals surface area contributed by atoms with Crippen LogP contribution in [-0.2, 0) is 4.79 Å². The molecular formula is C16H32O. The fourth-order valence-electron chi connectivity index (χ4n) is 2.54. The third-order valence-corrected chi connectivity index (χ3v) is 3.61. The minimum Gasteiger partial charge on any atom is -0.303 e. The Labute approximate surface area is 108 Å². The van der Waals surface area contributed by atoms with E-state index in [9.17, 15) is 4.79 Å². The molecule has 0 bridgehead atoms. The molecule has 0 rings (SSSR count). The van der Waals surface area contributed by atoms with Gasteiger partial charge in [-0.05, 0) is 12.3 Å². The van der Waals surface area contributed by atoms with E-state index in [0.717, 1.165) is 25.0 Å². The van der Waals surface area contributed by atoms with Gasteiger partial charge in [-0.15, -0.1) is 0 Å². The van der Waals surface area contributed by atoms with E-state index in [-0.39, 0.29) is 0 Å². The predicted molar refractivity (Wildman–Crippen MR) is 76.3 cm³/mol. The Bertz CT molecular complexity index is 154.